The summed E-state index contributed by atoms with van der Waals surface area (Å²) < 4.78 is 2.05. The third kappa shape index (κ3) is 4.53. The highest BCUT2D eigenvalue weighted by atomic mass is 16.2. The zero-order valence-corrected chi connectivity index (χ0v) is 15.9. The number of aryl methyl sites for hydroxylation is 1. The van der Waals surface area contributed by atoms with E-state index in [9.17, 15) is 4.79 Å². The fraction of sp³-hybridized carbons (Fsp3) is 0.778. The minimum absolute atomic E-state index is 0.266. The number of amides is 1. The van der Waals surface area contributed by atoms with Crippen LogP contribution >= 0.6 is 0 Å². The van der Waals surface area contributed by atoms with Gasteiger partial charge in [0.1, 0.15) is 12.2 Å². The van der Waals surface area contributed by atoms with Gasteiger partial charge in [0.25, 0.3) is 0 Å². The summed E-state index contributed by atoms with van der Waals surface area (Å²) >= 11 is 0. The van der Waals surface area contributed by atoms with E-state index >= 15 is 0 Å². The van der Waals surface area contributed by atoms with Gasteiger partial charge >= 0.3 is 0 Å². The van der Waals surface area contributed by atoms with Crippen molar-refractivity contribution in [1.29, 1.82) is 0 Å². The Morgan fingerprint density at radius 2 is 2.15 bits per heavy atom. The fourth-order valence-corrected chi connectivity index (χ4v) is 3.93. The van der Waals surface area contributed by atoms with Crippen molar-refractivity contribution in [2.45, 2.75) is 58.0 Å². The lowest BCUT2D eigenvalue weighted by Crippen LogP contribution is -2.46. The van der Waals surface area contributed by atoms with Crippen molar-refractivity contribution in [2.24, 2.45) is 10.9 Å². The molecule has 26 heavy (non-hydrogen) atoms. The van der Waals surface area contributed by atoms with Gasteiger partial charge in [0.2, 0.25) is 5.91 Å². The molecule has 0 aromatic carbocycles. The smallest absolute Gasteiger partial charge is 0.225 e. The minimum atomic E-state index is 0.266. The number of hydrogen-bond donors (Lipinski definition) is 2. The van der Waals surface area contributed by atoms with E-state index in [-0.39, 0.29) is 12.0 Å². The summed E-state index contributed by atoms with van der Waals surface area (Å²) in [5, 5.41) is 14.8. The second-order valence-corrected chi connectivity index (χ2v) is 7.19. The van der Waals surface area contributed by atoms with Gasteiger partial charge in [-0.25, -0.2) is 0 Å². The summed E-state index contributed by atoms with van der Waals surface area (Å²) in [5.74, 6) is 2.40. The molecule has 2 aliphatic rings. The Balaban J connectivity index is 1.41. The molecule has 3 rings (SSSR count). The first-order valence-corrected chi connectivity index (χ1v) is 9.84. The van der Waals surface area contributed by atoms with Crippen LogP contribution in [0.1, 0.15) is 44.9 Å². The van der Waals surface area contributed by atoms with Crippen LogP contribution in [0.3, 0.4) is 0 Å². The van der Waals surface area contributed by atoms with E-state index in [2.05, 4.69) is 37.3 Å². The molecule has 1 saturated carbocycles. The largest absolute Gasteiger partial charge is 0.355 e. The molecule has 1 aromatic heterocycles. The number of carbonyl (C=O) groups excluding carboxylic acids is 1. The molecule has 1 saturated heterocycles. The van der Waals surface area contributed by atoms with E-state index in [0.29, 0.717) is 5.91 Å². The number of likely N-dealkylation sites (tertiary alicyclic amines) is 1. The molecule has 1 aliphatic heterocycles. The van der Waals surface area contributed by atoms with Gasteiger partial charge in [-0.3, -0.25) is 9.79 Å². The van der Waals surface area contributed by atoms with Gasteiger partial charge in [0, 0.05) is 51.6 Å². The molecule has 2 N–H and O–H groups in total. The topological polar surface area (TPSA) is 87.4 Å². The highest BCUT2D eigenvalue weighted by Gasteiger charge is 2.32. The number of guanidine groups is 1. The number of carbonyl (C=O) groups is 1. The van der Waals surface area contributed by atoms with Crippen LogP contribution in [0, 0.1) is 5.92 Å². The third-order valence-electron chi connectivity index (χ3n) is 5.43. The minimum Gasteiger partial charge on any atom is -0.355 e. The SMILES string of the molecule is CCc1nncn1CCNC(=NC)NC1CCN(C(=O)C2CCCC2)C1. The van der Waals surface area contributed by atoms with Crippen LogP contribution in [0.15, 0.2) is 11.3 Å². The third-order valence-corrected chi connectivity index (χ3v) is 5.43. The van der Waals surface area contributed by atoms with Crippen molar-refractivity contribution in [3.63, 3.8) is 0 Å². The van der Waals surface area contributed by atoms with Crippen LogP contribution in [-0.2, 0) is 17.8 Å². The summed E-state index contributed by atoms with van der Waals surface area (Å²) in [6, 6.07) is 0.271. The van der Waals surface area contributed by atoms with Crippen LogP contribution in [0.25, 0.3) is 0 Å². The average molecular weight is 361 g/mol. The highest BCUT2D eigenvalue weighted by molar-refractivity contribution is 5.81. The fourth-order valence-electron chi connectivity index (χ4n) is 3.93. The van der Waals surface area contributed by atoms with E-state index in [1.54, 1.807) is 13.4 Å². The van der Waals surface area contributed by atoms with Gasteiger partial charge in [-0.15, -0.1) is 10.2 Å². The molecule has 1 amide bonds. The molecule has 1 aliphatic carbocycles. The first-order valence-electron chi connectivity index (χ1n) is 9.84. The molecule has 1 atom stereocenters. The van der Waals surface area contributed by atoms with Gasteiger partial charge in [0.15, 0.2) is 5.96 Å². The second kappa shape index (κ2) is 9.00. The maximum absolute atomic E-state index is 12.5. The summed E-state index contributed by atoms with van der Waals surface area (Å²) in [5.41, 5.74) is 0. The second-order valence-electron chi connectivity index (χ2n) is 7.19. The quantitative estimate of drug-likeness (QED) is 0.578. The molecular formula is C18H31N7O. The van der Waals surface area contributed by atoms with Crippen molar-refractivity contribution in [3.05, 3.63) is 12.2 Å². The molecule has 1 aromatic rings. The highest BCUT2D eigenvalue weighted by Crippen LogP contribution is 2.27. The Labute approximate surface area is 155 Å². The van der Waals surface area contributed by atoms with E-state index in [4.69, 9.17) is 0 Å². The lowest BCUT2D eigenvalue weighted by molar-refractivity contribution is -0.134. The number of aromatic nitrogens is 3. The van der Waals surface area contributed by atoms with E-state index < -0.39 is 0 Å². The van der Waals surface area contributed by atoms with Crippen molar-refractivity contribution >= 4 is 11.9 Å². The van der Waals surface area contributed by atoms with Gasteiger partial charge in [-0.05, 0) is 19.3 Å². The number of nitrogens with zero attached hydrogens (tertiary/aromatic N) is 5. The van der Waals surface area contributed by atoms with Crippen LogP contribution in [0.5, 0.6) is 0 Å². The Morgan fingerprint density at radius 3 is 2.88 bits per heavy atom. The van der Waals surface area contributed by atoms with Gasteiger partial charge in [-0.2, -0.15) is 0 Å². The van der Waals surface area contributed by atoms with Crippen molar-refractivity contribution < 1.29 is 4.79 Å². The summed E-state index contributed by atoms with van der Waals surface area (Å²) in [6.07, 6.45) is 8.16. The molecular weight excluding hydrogens is 330 g/mol. The van der Waals surface area contributed by atoms with Crippen molar-refractivity contribution in [1.82, 2.24) is 30.3 Å². The first-order chi connectivity index (χ1) is 12.7. The molecule has 1 unspecified atom stereocenters. The monoisotopic (exact) mass is 361 g/mol. The zero-order chi connectivity index (χ0) is 18.4. The van der Waals surface area contributed by atoms with Crippen LogP contribution in [0.4, 0.5) is 0 Å². The van der Waals surface area contributed by atoms with E-state index in [1.165, 1.54) is 12.8 Å². The van der Waals surface area contributed by atoms with Crippen LogP contribution in [0.2, 0.25) is 0 Å². The first kappa shape index (κ1) is 18.7. The Hall–Kier alpha value is -2.12. The maximum Gasteiger partial charge on any atom is 0.225 e. The van der Waals surface area contributed by atoms with Crippen LogP contribution < -0.4 is 10.6 Å². The summed E-state index contributed by atoms with van der Waals surface area (Å²) in [4.78, 5) is 18.9. The number of hydrogen-bond acceptors (Lipinski definition) is 4. The Kier molecular flexibility index (Phi) is 6.46. The predicted octanol–water partition coefficient (Wildman–Crippen LogP) is 0.797. The molecule has 2 fully saturated rings. The van der Waals surface area contributed by atoms with Crippen LogP contribution in [-0.4, -0.2) is 64.3 Å². The summed E-state index contributed by atoms with van der Waals surface area (Å²) in [7, 11) is 1.78. The molecule has 0 radical (unpaired) electrons. The van der Waals surface area contributed by atoms with E-state index in [1.807, 2.05) is 4.90 Å². The number of nitrogens with one attached hydrogen (secondary N) is 2. The molecule has 144 valence electrons. The molecule has 0 spiro atoms. The number of aliphatic imine (C=N–C) groups is 1. The lowest BCUT2D eigenvalue weighted by Gasteiger charge is -2.21. The summed E-state index contributed by atoms with van der Waals surface area (Å²) in [6.45, 7) is 5.26. The Morgan fingerprint density at radius 1 is 1.35 bits per heavy atom. The Bertz CT molecular complexity index is 621. The van der Waals surface area contributed by atoms with Crippen molar-refractivity contribution in [2.75, 3.05) is 26.7 Å². The molecule has 2 heterocycles. The number of rotatable bonds is 6. The van der Waals surface area contributed by atoms with Crippen molar-refractivity contribution in [3.8, 4) is 0 Å². The van der Waals surface area contributed by atoms with Gasteiger partial charge in [0.05, 0.1) is 0 Å². The molecule has 8 nitrogen and oxygen atoms in total. The normalized spacial score (nSPS) is 21.4. The van der Waals surface area contributed by atoms with E-state index in [0.717, 1.165) is 63.6 Å². The zero-order valence-electron chi connectivity index (χ0n) is 15.9. The predicted molar refractivity (Wildman–Crippen MR) is 101 cm³/mol. The maximum atomic E-state index is 12.5. The average Bonchev–Trinajstić information content (AvgIpc) is 3.41. The molecule has 0 bridgehead atoms. The van der Waals surface area contributed by atoms with Gasteiger partial charge < -0.3 is 20.1 Å². The molecule has 8 heteroatoms. The van der Waals surface area contributed by atoms with Gasteiger partial charge in [-0.1, -0.05) is 19.8 Å². The standard InChI is InChI=1S/C18H31N7O/c1-3-16-23-21-13-25(16)11-9-20-18(19-2)22-15-8-10-24(12-15)17(26)14-6-4-5-7-14/h13-15H,3-12H2,1-2H3,(H2,19,20,22). The lowest BCUT2D eigenvalue weighted by atomic mass is 10.1.